The number of hydrogen-bond donors (Lipinski definition) is 1. The minimum absolute atomic E-state index is 0.0351. The van der Waals surface area contributed by atoms with Crippen molar-refractivity contribution in [2.24, 2.45) is 17.8 Å². The number of ether oxygens (including phenoxy) is 1. The molecule has 0 radical (unpaired) electrons. The lowest BCUT2D eigenvalue weighted by Crippen LogP contribution is -2.34. The van der Waals surface area contributed by atoms with E-state index in [1.807, 2.05) is 36.4 Å². The minimum Gasteiger partial charge on any atom is -0.505 e. The second kappa shape index (κ2) is 10.0. The first-order valence-electron chi connectivity index (χ1n) is 12.8. The van der Waals surface area contributed by atoms with Gasteiger partial charge in [0.2, 0.25) is 11.8 Å². The molecule has 2 heterocycles. The molecule has 2 amide bonds. The van der Waals surface area contributed by atoms with Crippen LogP contribution in [0.3, 0.4) is 0 Å². The molecule has 2 aromatic rings. The van der Waals surface area contributed by atoms with Crippen LogP contribution in [0.15, 0.2) is 59.7 Å². The third-order valence-corrected chi connectivity index (χ3v) is 7.91. The van der Waals surface area contributed by atoms with Gasteiger partial charge < -0.3 is 9.84 Å². The van der Waals surface area contributed by atoms with Gasteiger partial charge in [0.1, 0.15) is 0 Å². The first-order valence-corrected chi connectivity index (χ1v) is 12.8. The lowest BCUT2D eigenvalue weighted by molar-refractivity contribution is -0.138. The fourth-order valence-electron chi connectivity index (χ4n) is 6.22. The van der Waals surface area contributed by atoms with Gasteiger partial charge in [-0.2, -0.15) is 0 Å². The van der Waals surface area contributed by atoms with Gasteiger partial charge in [0, 0.05) is 13.0 Å². The molecule has 0 unspecified atom stereocenters. The predicted molar refractivity (Wildman–Crippen MR) is 136 cm³/mol. The number of imide groups is 1. The van der Waals surface area contributed by atoms with Crippen LogP contribution in [0.25, 0.3) is 11.6 Å². The summed E-state index contributed by atoms with van der Waals surface area (Å²) in [5.41, 5.74) is 5.29. The maximum atomic E-state index is 14.0. The monoisotopic (exact) mass is 489 g/mol. The molecule has 2 aliphatic heterocycles. The SMILES string of the molecule is CCCC1=C2[C@@H](CC/C(=C/c3ccc(O)c(F)c3)c3ccccc3)OC[C@@H]2[C@@H]2C(=O)N(C)C(=O)[C@@H]2C1. The Labute approximate surface area is 211 Å². The molecular weight excluding hydrogens is 457 g/mol. The third kappa shape index (κ3) is 4.39. The number of hydrogen-bond acceptors (Lipinski definition) is 4. The molecule has 2 saturated heterocycles. The van der Waals surface area contributed by atoms with Gasteiger partial charge in [0.15, 0.2) is 11.6 Å². The molecule has 3 aliphatic rings. The molecule has 0 bridgehead atoms. The maximum Gasteiger partial charge on any atom is 0.233 e. The number of phenolic OH excluding ortho intramolecular Hbond substituents is 1. The maximum absolute atomic E-state index is 14.0. The largest absolute Gasteiger partial charge is 0.505 e. The van der Waals surface area contributed by atoms with Crippen molar-refractivity contribution in [1.29, 1.82) is 0 Å². The molecule has 4 atom stereocenters. The number of fused-ring (bicyclic) bond motifs is 3. The fourth-order valence-corrected chi connectivity index (χ4v) is 6.22. The zero-order valence-corrected chi connectivity index (χ0v) is 20.7. The molecule has 188 valence electrons. The van der Waals surface area contributed by atoms with Crippen LogP contribution >= 0.6 is 0 Å². The van der Waals surface area contributed by atoms with Gasteiger partial charge in [0.05, 0.1) is 24.5 Å². The summed E-state index contributed by atoms with van der Waals surface area (Å²) in [7, 11) is 1.60. The lowest BCUT2D eigenvalue weighted by atomic mass is 9.68. The van der Waals surface area contributed by atoms with E-state index in [2.05, 4.69) is 6.92 Å². The van der Waals surface area contributed by atoms with Crippen molar-refractivity contribution < 1.29 is 23.8 Å². The number of amides is 2. The molecule has 0 spiro atoms. The Hall–Kier alpha value is -3.25. The minimum atomic E-state index is -0.648. The van der Waals surface area contributed by atoms with Gasteiger partial charge in [-0.1, -0.05) is 61.4 Å². The van der Waals surface area contributed by atoms with Crippen molar-refractivity contribution in [1.82, 2.24) is 4.90 Å². The number of carbonyl (C=O) groups excluding carboxylic acids is 2. The number of aromatic hydroxyl groups is 1. The second-order valence-electron chi connectivity index (χ2n) is 10.1. The van der Waals surface area contributed by atoms with E-state index < -0.39 is 5.82 Å². The van der Waals surface area contributed by atoms with Gasteiger partial charge in [0.25, 0.3) is 0 Å². The summed E-state index contributed by atoms with van der Waals surface area (Å²) >= 11 is 0. The first kappa shape index (κ1) is 24.4. The quantitative estimate of drug-likeness (QED) is 0.312. The Morgan fingerprint density at radius 3 is 2.64 bits per heavy atom. The van der Waals surface area contributed by atoms with E-state index in [-0.39, 0.29) is 41.4 Å². The van der Waals surface area contributed by atoms with Gasteiger partial charge in [-0.15, -0.1) is 0 Å². The van der Waals surface area contributed by atoms with Crippen LogP contribution in [0.2, 0.25) is 0 Å². The van der Waals surface area contributed by atoms with E-state index in [0.717, 1.165) is 30.4 Å². The average Bonchev–Trinajstić information content (AvgIpc) is 3.40. The highest BCUT2D eigenvalue weighted by Gasteiger charge is 2.55. The van der Waals surface area contributed by atoms with Crippen molar-refractivity contribution in [2.45, 2.75) is 45.1 Å². The predicted octanol–water partition coefficient (Wildman–Crippen LogP) is 5.60. The molecule has 2 aromatic carbocycles. The Morgan fingerprint density at radius 2 is 1.92 bits per heavy atom. The zero-order valence-electron chi connectivity index (χ0n) is 20.7. The second-order valence-corrected chi connectivity index (χ2v) is 10.1. The van der Waals surface area contributed by atoms with Crippen LogP contribution in [0, 0.1) is 23.6 Å². The van der Waals surface area contributed by atoms with Crippen molar-refractivity contribution >= 4 is 23.5 Å². The first-order chi connectivity index (χ1) is 17.4. The molecule has 0 saturated carbocycles. The highest BCUT2D eigenvalue weighted by Crippen LogP contribution is 2.50. The molecule has 5 nitrogen and oxygen atoms in total. The van der Waals surface area contributed by atoms with E-state index >= 15 is 0 Å². The highest BCUT2D eigenvalue weighted by molar-refractivity contribution is 6.05. The molecule has 2 fully saturated rings. The van der Waals surface area contributed by atoms with Crippen LogP contribution in [0.4, 0.5) is 4.39 Å². The molecule has 0 aromatic heterocycles. The van der Waals surface area contributed by atoms with Crippen LogP contribution in [-0.2, 0) is 14.3 Å². The molecule has 6 heteroatoms. The van der Waals surface area contributed by atoms with E-state index in [4.69, 9.17) is 4.74 Å². The number of benzene rings is 2. The lowest BCUT2D eigenvalue weighted by Gasteiger charge is -2.32. The van der Waals surface area contributed by atoms with Crippen molar-refractivity contribution in [3.05, 3.63) is 76.6 Å². The number of phenols is 1. The van der Waals surface area contributed by atoms with E-state index in [9.17, 15) is 19.1 Å². The van der Waals surface area contributed by atoms with Gasteiger partial charge >= 0.3 is 0 Å². The number of rotatable bonds is 7. The summed E-state index contributed by atoms with van der Waals surface area (Å²) in [6.07, 6.45) is 5.83. The summed E-state index contributed by atoms with van der Waals surface area (Å²) < 4.78 is 20.3. The van der Waals surface area contributed by atoms with E-state index in [1.165, 1.54) is 28.2 Å². The van der Waals surface area contributed by atoms with Crippen LogP contribution in [0.1, 0.15) is 50.2 Å². The van der Waals surface area contributed by atoms with Crippen molar-refractivity contribution in [3.63, 3.8) is 0 Å². The fraction of sp³-hybridized carbons (Fsp3) is 0.400. The highest BCUT2D eigenvalue weighted by atomic mass is 19.1. The van der Waals surface area contributed by atoms with Crippen molar-refractivity contribution in [2.75, 3.05) is 13.7 Å². The number of likely N-dealkylation sites (tertiary alicyclic amines) is 1. The van der Waals surface area contributed by atoms with E-state index in [1.54, 1.807) is 13.1 Å². The molecule has 1 aliphatic carbocycles. The summed E-state index contributed by atoms with van der Waals surface area (Å²) in [5, 5.41) is 9.57. The topological polar surface area (TPSA) is 66.8 Å². The summed E-state index contributed by atoms with van der Waals surface area (Å²) in [5.74, 6) is -1.76. The summed E-state index contributed by atoms with van der Waals surface area (Å²) in [6.45, 7) is 2.61. The Morgan fingerprint density at radius 1 is 1.14 bits per heavy atom. The van der Waals surface area contributed by atoms with Gasteiger partial charge in [-0.3, -0.25) is 14.5 Å². The average molecular weight is 490 g/mol. The third-order valence-electron chi connectivity index (χ3n) is 7.91. The zero-order chi connectivity index (χ0) is 25.4. The van der Waals surface area contributed by atoms with E-state index in [0.29, 0.717) is 25.0 Å². The van der Waals surface area contributed by atoms with Crippen molar-refractivity contribution in [3.8, 4) is 5.75 Å². The summed E-state index contributed by atoms with van der Waals surface area (Å²) in [4.78, 5) is 27.0. The molecule has 1 N–H and O–H groups in total. The normalized spacial score (nSPS) is 26.0. The Balaban J connectivity index is 1.43. The Bertz CT molecular complexity index is 1230. The van der Waals surface area contributed by atoms with Gasteiger partial charge in [-0.25, -0.2) is 4.39 Å². The standard InChI is InChI=1S/C30H32FNO4/c1-3-7-21-16-22-28(30(35)32(2)29(22)34)23-17-36-26(27(21)23)13-11-20(19-8-5-4-6-9-19)14-18-10-12-25(33)24(31)15-18/h4-6,8-10,12,14-15,22-23,26,28,33H,3,7,11,13,16-17H2,1-2H3/b20-14-/t22-,23+,26-,28-/m1/s1. The number of allylic oxidation sites excluding steroid dienone is 2. The smallest absolute Gasteiger partial charge is 0.233 e. The van der Waals surface area contributed by atoms with Gasteiger partial charge in [-0.05, 0) is 60.1 Å². The molecular formula is C30H32FNO4. The van der Waals surface area contributed by atoms with Crippen LogP contribution < -0.4 is 0 Å². The molecule has 36 heavy (non-hydrogen) atoms. The summed E-state index contributed by atoms with van der Waals surface area (Å²) in [6, 6.07) is 14.4. The number of nitrogens with zero attached hydrogens (tertiary/aromatic N) is 1. The van der Waals surface area contributed by atoms with Crippen LogP contribution in [0.5, 0.6) is 5.75 Å². The Kier molecular flexibility index (Phi) is 6.80. The number of carbonyl (C=O) groups is 2. The molecule has 5 rings (SSSR count). The van der Waals surface area contributed by atoms with Crippen LogP contribution in [-0.4, -0.2) is 41.6 Å². The number of halogens is 1.